The number of amides is 1. The number of rotatable bonds is 16. The zero-order chi connectivity index (χ0) is 28.6. The number of unbranched alkanes of at least 4 members (excludes halogenated alkanes) is 1. The highest BCUT2D eigenvalue weighted by molar-refractivity contribution is 6.05. The lowest BCUT2D eigenvalue weighted by molar-refractivity contribution is -0.145. The van der Waals surface area contributed by atoms with Crippen molar-refractivity contribution in [3.63, 3.8) is 0 Å². The Morgan fingerprint density at radius 1 is 0.725 bits per heavy atom. The fourth-order valence-electron chi connectivity index (χ4n) is 3.93. The third kappa shape index (κ3) is 10.4. The third-order valence-corrected chi connectivity index (χ3v) is 5.96. The summed E-state index contributed by atoms with van der Waals surface area (Å²) in [5, 5.41) is 2.84. The summed E-state index contributed by atoms with van der Waals surface area (Å²) in [4.78, 5) is 36.5. The van der Waals surface area contributed by atoms with E-state index in [0.717, 1.165) is 24.8 Å². The van der Waals surface area contributed by atoms with Gasteiger partial charge in [0.25, 0.3) is 5.91 Å². The minimum atomic E-state index is -0.521. The Balaban J connectivity index is 1.56. The van der Waals surface area contributed by atoms with E-state index >= 15 is 0 Å². The molecule has 1 amide bonds. The summed E-state index contributed by atoms with van der Waals surface area (Å²) in [7, 11) is 0. The lowest BCUT2D eigenvalue weighted by Crippen LogP contribution is -2.17. The van der Waals surface area contributed by atoms with E-state index in [0.29, 0.717) is 42.4 Å². The van der Waals surface area contributed by atoms with Crippen LogP contribution >= 0.6 is 0 Å². The number of anilines is 1. The highest BCUT2D eigenvalue weighted by Crippen LogP contribution is 2.28. The average molecular weight is 548 g/mol. The van der Waals surface area contributed by atoms with Gasteiger partial charge in [-0.2, -0.15) is 0 Å². The van der Waals surface area contributed by atoms with Crippen LogP contribution in [-0.4, -0.2) is 44.3 Å². The van der Waals surface area contributed by atoms with Gasteiger partial charge in [0, 0.05) is 12.0 Å². The van der Waals surface area contributed by atoms with Gasteiger partial charge in [0.2, 0.25) is 0 Å². The van der Waals surface area contributed by atoms with E-state index < -0.39 is 5.97 Å². The summed E-state index contributed by atoms with van der Waals surface area (Å²) in [6, 6.07) is 22.5. The van der Waals surface area contributed by atoms with Gasteiger partial charge in [0.05, 0.1) is 25.5 Å². The first-order chi connectivity index (χ1) is 19.5. The van der Waals surface area contributed by atoms with Crippen molar-refractivity contribution in [1.29, 1.82) is 0 Å². The average Bonchev–Trinajstić information content (AvgIpc) is 2.97. The normalized spacial score (nSPS) is 10.4. The SMILES string of the molecule is CCOC(=O)CCc1ccc(NC(=O)c2ccc(OCCCCc3ccccc3)cc2)c(OCC(=O)OCC)c1. The second-order valence-corrected chi connectivity index (χ2v) is 9.00. The second kappa shape index (κ2) is 16.6. The minimum Gasteiger partial charge on any atom is -0.494 e. The van der Waals surface area contributed by atoms with Crippen molar-refractivity contribution in [2.45, 2.75) is 46.0 Å². The molecule has 8 heteroatoms. The van der Waals surface area contributed by atoms with Crippen molar-refractivity contribution in [2.24, 2.45) is 0 Å². The number of nitrogens with one attached hydrogen (secondary N) is 1. The quantitative estimate of drug-likeness (QED) is 0.179. The van der Waals surface area contributed by atoms with Crippen molar-refractivity contribution in [2.75, 3.05) is 31.7 Å². The summed E-state index contributed by atoms with van der Waals surface area (Å²) in [5.74, 6) is -0.158. The van der Waals surface area contributed by atoms with E-state index in [9.17, 15) is 14.4 Å². The van der Waals surface area contributed by atoms with Gasteiger partial charge in [0.1, 0.15) is 11.5 Å². The molecular formula is C32H37NO7. The molecule has 1 N–H and O–H groups in total. The van der Waals surface area contributed by atoms with E-state index in [2.05, 4.69) is 17.4 Å². The topological polar surface area (TPSA) is 100 Å². The summed E-state index contributed by atoms with van der Waals surface area (Å²) in [6.45, 7) is 4.31. The maximum atomic E-state index is 13.0. The van der Waals surface area contributed by atoms with Crippen LogP contribution in [0.1, 0.15) is 54.6 Å². The molecule has 0 bridgehead atoms. The summed E-state index contributed by atoms with van der Waals surface area (Å²) in [6.07, 6.45) is 3.62. The van der Waals surface area contributed by atoms with Crippen molar-refractivity contribution in [3.05, 3.63) is 89.5 Å². The molecular weight excluding hydrogens is 510 g/mol. The number of hydrogen-bond acceptors (Lipinski definition) is 7. The number of esters is 2. The predicted octanol–water partition coefficient (Wildman–Crippen LogP) is 5.78. The molecule has 0 aliphatic rings. The highest BCUT2D eigenvalue weighted by Gasteiger charge is 2.14. The number of carbonyl (C=O) groups is 3. The number of aryl methyl sites for hydroxylation is 2. The monoisotopic (exact) mass is 547 g/mol. The zero-order valence-electron chi connectivity index (χ0n) is 23.1. The van der Waals surface area contributed by atoms with E-state index in [-0.39, 0.29) is 31.5 Å². The predicted molar refractivity (Wildman–Crippen MR) is 153 cm³/mol. The van der Waals surface area contributed by atoms with Crippen LogP contribution < -0.4 is 14.8 Å². The molecule has 0 saturated carbocycles. The third-order valence-electron chi connectivity index (χ3n) is 5.96. The minimum absolute atomic E-state index is 0.207. The number of benzene rings is 3. The lowest BCUT2D eigenvalue weighted by Gasteiger charge is -2.14. The van der Waals surface area contributed by atoms with Crippen LogP contribution in [0.3, 0.4) is 0 Å². The van der Waals surface area contributed by atoms with Crippen LogP contribution in [0.2, 0.25) is 0 Å². The lowest BCUT2D eigenvalue weighted by atomic mass is 10.1. The zero-order valence-corrected chi connectivity index (χ0v) is 23.1. The molecule has 0 aliphatic heterocycles. The molecule has 0 fully saturated rings. The smallest absolute Gasteiger partial charge is 0.344 e. The van der Waals surface area contributed by atoms with Crippen LogP contribution in [0.15, 0.2) is 72.8 Å². The van der Waals surface area contributed by atoms with Crippen LogP contribution in [0.25, 0.3) is 0 Å². The molecule has 3 rings (SSSR count). The van der Waals surface area contributed by atoms with Crippen molar-refractivity contribution in [1.82, 2.24) is 0 Å². The highest BCUT2D eigenvalue weighted by atomic mass is 16.6. The maximum absolute atomic E-state index is 13.0. The summed E-state index contributed by atoms with van der Waals surface area (Å²) in [5.41, 5.74) is 2.96. The first-order valence-electron chi connectivity index (χ1n) is 13.6. The molecule has 0 spiro atoms. The Morgan fingerprint density at radius 3 is 2.17 bits per heavy atom. The van der Waals surface area contributed by atoms with Crippen molar-refractivity contribution < 1.29 is 33.3 Å². The van der Waals surface area contributed by atoms with E-state index in [4.69, 9.17) is 18.9 Å². The summed E-state index contributed by atoms with van der Waals surface area (Å²) >= 11 is 0. The Hall–Kier alpha value is -4.33. The van der Waals surface area contributed by atoms with Gasteiger partial charge < -0.3 is 24.3 Å². The number of carbonyl (C=O) groups excluding carboxylic acids is 3. The van der Waals surface area contributed by atoms with Crippen LogP contribution in [0.5, 0.6) is 11.5 Å². The second-order valence-electron chi connectivity index (χ2n) is 9.00. The van der Waals surface area contributed by atoms with Crippen LogP contribution in [0, 0.1) is 0 Å². The first-order valence-corrected chi connectivity index (χ1v) is 13.6. The van der Waals surface area contributed by atoms with Crippen LogP contribution in [0.4, 0.5) is 5.69 Å². The van der Waals surface area contributed by atoms with Gasteiger partial charge in [-0.25, -0.2) is 4.79 Å². The van der Waals surface area contributed by atoms with E-state index in [1.54, 1.807) is 56.3 Å². The molecule has 0 aliphatic carbocycles. The fourth-order valence-corrected chi connectivity index (χ4v) is 3.93. The molecule has 8 nitrogen and oxygen atoms in total. The Morgan fingerprint density at radius 2 is 1.45 bits per heavy atom. The van der Waals surface area contributed by atoms with E-state index in [1.165, 1.54) is 5.56 Å². The molecule has 3 aromatic rings. The molecule has 0 saturated heterocycles. The van der Waals surface area contributed by atoms with Gasteiger partial charge in [-0.3, -0.25) is 9.59 Å². The standard InChI is InChI=1S/C32H37NO7/c1-3-37-30(34)20-14-25-13-19-28(29(22-25)40-23-31(35)38-4-2)33-32(36)26-15-17-27(18-16-26)39-21-9-8-12-24-10-6-5-7-11-24/h5-7,10-11,13,15-19,22H,3-4,8-9,12,14,20-21,23H2,1-2H3,(H,33,36). The molecule has 40 heavy (non-hydrogen) atoms. The van der Waals surface area contributed by atoms with Gasteiger partial charge >= 0.3 is 11.9 Å². The van der Waals surface area contributed by atoms with Gasteiger partial charge in [-0.05, 0) is 87.1 Å². The number of ether oxygens (including phenoxy) is 4. The summed E-state index contributed by atoms with van der Waals surface area (Å²) < 4.78 is 21.4. The largest absolute Gasteiger partial charge is 0.494 e. The number of hydrogen-bond donors (Lipinski definition) is 1. The molecule has 3 aromatic carbocycles. The fraction of sp³-hybridized carbons (Fsp3) is 0.344. The van der Waals surface area contributed by atoms with Crippen LogP contribution in [-0.2, 0) is 31.9 Å². The van der Waals surface area contributed by atoms with Crippen molar-refractivity contribution >= 4 is 23.5 Å². The van der Waals surface area contributed by atoms with Gasteiger partial charge in [-0.15, -0.1) is 0 Å². The molecule has 212 valence electrons. The molecule has 0 heterocycles. The van der Waals surface area contributed by atoms with Gasteiger partial charge in [-0.1, -0.05) is 36.4 Å². The molecule has 0 unspecified atom stereocenters. The Bertz CT molecular complexity index is 1230. The van der Waals surface area contributed by atoms with E-state index in [1.807, 2.05) is 18.2 Å². The van der Waals surface area contributed by atoms with Gasteiger partial charge in [0.15, 0.2) is 6.61 Å². The van der Waals surface area contributed by atoms with Crippen molar-refractivity contribution in [3.8, 4) is 11.5 Å². The molecule has 0 aromatic heterocycles. The Labute approximate surface area is 235 Å². The Kier molecular flexibility index (Phi) is 12.5. The molecule has 0 radical (unpaired) electrons. The first kappa shape index (κ1) is 30.2. The molecule has 0 atom stereocenters. The maximum Gasteiger partial charge on any atom is 0.344 e.